The van der Waals surface area contributed by atoms with E-state index in [0.717, 1.165) is 17.1 Å². The molecule has 0 amide bonds. The summed E-state index contributed by atoms with van der Waals surface area (Å²) in [6, 6.07) is 11.3. The van der Waals surface area contributed by atoms with Gasteiger partial charge in [-0.15, -0.1) is 0 Å². The summed E-state index contributed by atoms with van der Waals surface area (Å²) in [5.41, 5.74) is 1.67. The standard InChI is InChI=1S/C10H6N2OS/c11-6-8-9(12-14-10(8)13)7-4-2-1-3-5-7/h1-5,12H. The predicted molar refractivity (Wildman–Crippen MR) is 55.1 cm³/mol. The van der Waals surface area contributed by atoms with E-state index in [-0.39, 0.29) is 10.3 Å². The number of rotatable bonds is 1. The molecule has 0 aliphatic rings. The van der Waals surface area contributed by atoms with E-state index in [0.29, 0.717) is 5.69 Å². The van der Waals surface area contributed by atoms with Crippen LogP contribution in [0.4, 0.5) is 0 Å². The summed E-state index contributed by atoms with van der Waals surface area (Å²) in [7, 11) is 0. The fourth-order valence-corrected chi connectivity index (χ4v) is 1.88. The molecule has 0 aliphatic heterocycles. The lowest BCUT2D eigenvalue weighted by atomic mass is 10.1. The fourth-order valence-electron chi connectivity index (χ4n) is 1.21. The average molecular weight is 202 g/mol. The second-order valence-corrected chi connectivity index (χ2v) is 3.50. The largest absolute Gasteiger partial charge is 0.306 e. The van der Waals surface area contributed by atoms with E-state index in [1.165, 1.54) is 0 Å². The van der Waals surface area contributed by atoms with Gasteiger partial charge >= 0.3 is 0 Å². The normalized spacial score (nSPS) is 9.64. The Kier molecular flexibility index (Phi) is 2.17. The van der Waals surface area contributed by atoms with Crippen LogP contribution in [0.25, 0.3) is 11.3 Å². The molecule has 14 heavy (non-hydrogen) atoms. The van der Waals surface area contributed by atoms with E-state index < -0.39 is 0 Å². The molecule has 0 bridgehead atoms. The molecule has 0 aliphatic carbocycles. The summed E-state index contributed by atoms with van der Waals surface area (Å²) in [6.07, 6.45) is 0. The highest BCUT2D eigenvalue weighted by Crippen LogP contribution is 2.19. The highest BCUT2D eigenvalue weighted by Gasteiger charge is 2.10. The zero-order valence-corrected chi connectivity index (χ0v) is 7.97. The van der Waals surface area contributed by atoms with Crippen molar-refractivity contribution in [3.8, 4) is 17.3 Å². The first-order valence-electron chi connectivity index (χ1n) is 4.00. The minimum Gasteiger partial charge on any atom is -0.306 e. The lowest BCUT2D eigenvalue weighted by molar-refractivity contribution is 1.45. The van der Waals surface area contributed by atoms with E-state index in [9.17, 15) is 4.79 Å². The van der Waals surface area contributed by atoms with Gasteiger partial charge in [0.25, 0.3) is 4.74 Å². The van der Waals surface area contributed by atoms with E-state index in [4.69, 9.17) is 5.26 Å². The molecule has 0 atom stereocenters. The number of hydrogen-bond donors (Lipinski definition) is 1. The van der Waals surface area contributed by atoms with Crippen LogP contribution >= 0.6 is 11.5 Å². The van der Waals surface area contributed by atoms with Crippen molar-refractivity contribution in [2.24, 2.45) is 0 Å². The Balaban J connectivity index is 2.65. The molecular weight excluding hydrogens is 196 g/mol. The molecule has 68 valence electrons. The smallest absolute Gasteiger partial charge is 0.267 e. The average Bonchev–Trinajstić information content (AvgIpc) is 2.61. The molecule has 1 aromatic heterocycles. The van der Waals surface area contributed by atoms with Crippen LogP contribution in [0.2, 0.25) is 0 Å². The van der Waals surface area contributed by atoms with Crippen molar-refractivity contribution in [1.82, 2.24) is 4.37 Å². The van der Waals surface area contributed by atoms with Gasteiger partial charge in [-0.2, -0.15) is 5.26 Å². The van der Waals surface area contributed by atoms with E-state index in [1.807, 2.05) is 36.4 Å². The zero-order valence-electron chi connectivity index (χ0n) is 7.15. The lowest BCUT2D eigenvalue weighted by Gasteiger charge is -1.95. The van der Waals surface area contributed by atoms with Crippen LogP contribution < -0.4 is 4.74 Å². The minimum atomic E-state index is -0.216. The Morgan fingerprint density at radius 1 is 1.29 bits per heavy atom. The first kappa shape index (κ1) is 8.73. The first-order chi connectivity index (χ1) is 6.83. The second kappa shape index (κ2) is 3.48. The van der Waals surface area contributed by atoms with Crippen LogP contribution in [-0.4, -0.2) is 4.37 Å². The molecule has 2 rings (SSSR count). The van der Waals surface area contributed by atoms with Gasteiger partial charge in [0.2, 0.25) is 0 Å². The van der Waals surface area contributed by atoms with Gasteiger partial charge in [0.1, 0.15) is 11.6 Å². The van der Waals surface area contributed by atoms with Crippen molar-refractivity contribution in [2.75, 3.05) is 0 Å². The third kappa shape index (κ3) is 1.34. The number of nitrogens with one attached hydrogen (secondary N) is 1. The third-order valence-electron chi connectivity index (χ3n) is 1.87. The van der Waals surface area contributed by atoms with Crippen LogP contribution in [-0.2, 0) is 0 Å². The van der Waals surface area contributed by atoms with Gasteiger partial charge in [0.15, 0.2) is 0 Å². The summed E-state index contributed by atoms with van der Waals surface area (Å²) >= 11 is 0.947. The van der Waals surface area contributed by atoms with E-state index >= 15 is 0 Å². The van der Waals surface area contributed by atoms with Crippen molar-refractivity contribution >= 4 is 11.5 Å². The lowest BCUT2D eigenvalue weighted by Crippen LogP contribution is -1.94. The van der Waals surface area contributed by atoms with Crippen LogP contribution in [0.1, 0.15) is 5.56 Å². The Morgan fingerprint density at radius 3 is 2.64 bits per heavy atom. The Morgan fingerprint density at radius 2 is 2.00 bits per heavy atom. The first-order valence-corrected chi connectivity index (χ1v) is 4.81. The van der Waals surface area contributed by atoms with Crippen molar-refractivity contribution in [1.29, 1.82) is 5.26 Å². The molecule has 4 heteroatoms. The number of hydrogen-bond acceptors (Lipinski definition) is 3. The van der Waals surface area contributed by atoms with Crippen LogP contribution in [0.3, 0.4) is 0 Å². The second-order valence-electron chi connectivity index (χ2n) is 2.72. The highest BCUT2D eigenvalue weighted by molar-refractivity contribution is 7.03. The van der Waals surface area contributed by atoms with Gasteiger partial charge in [0, 0.05) is 5.56 Å². The van der Waals surface area contributed by atoms with Gasteiger partial charge in [-0.05, 0) is 11.5 Å². The Hall–Kier alpha value is -1.86. The maximum atomic E-state index is 11.2. The van der Waals surface area contributed by atoms with Gasteiger partial charge in [-0.25, -0.2) is 0 Å². The Labute approximate surface area is 84.4 Å². The van der Waals surface area contributed by atoms with Gasteiger partial charge < -0.3 is 4.37 Å². The van der Waals surface area contributed by atoms with Crippen LogP contribution in [0.15, 0.2) is 35.1 Å². The molecule has 1 N–H and O–H groups in total. The van der Waals surface area contributed by atoms with Crippen molar-refractivity contribution in [3.05, 3.63) is 45.4 Å². The number of aromatic nitrogens is 1. The molecule has 0 radical (unpaired) electrons. The van der Waals surface area contributed by atoms with Crippen LogP contribution in [0, 0.1) is 11.3 Å². The summed E-state index contributed by atoms with van der Waals surface area (Å²) in [5.74, 6) is 0. The minimum absolute atomic E-state index is 0.196. The quantitative estimate of drug-likeness (QED) is 0.768. The number of nitriles is 1. The maximum absolute atomic E-state index is 11.2. The molecule has 3 nitrogen and oxygen atoms in total. The van der Waals surface area contributed by atoms with Crippen molar-refractivity contribution in [3.63, 3.8) is 0 Å². The van der Waals surface area contributed by atoms with E-state index in [2.05, 4.69) is 4.37 Å². The van der Waals surface area contributed by atoms with Crippen LogP contribution in [0.5, 0.6) is 0 Å². The number of aromatic amines is 1. The summed E-state index contributed by atoms with van der Waals surface area (Å²) < 4.78 is 2.63. The molecular formula is C10H6N2OS. The predicted octanol–water partition coefficient (Wildman–Crippen LogP) is 1.98. The van der Waals surface area contributed by atoms with Gasteiger partial charge in [0.05, 0.1) is 5.69 Å². The SMILES string of the molecule is N#Cc1c(-c2ccccc2)[nH]sc1=O. The molecule has 0 spiro atoms. The van der Waals surface area contributed by atoms with Gasteiger partial charge in [-0.1, -0.05) is 30.3 Å². The summed E-state index contributed by atoms with van der Waals surface area (Å²) in [4.78, 5) is 11.2. The van der Waals surface area contributed by atoms with Crippen molar-refractivity contribution in [2.45, 2.75) is 0 Å². The van der Waals surface area contributed by atoms with Crippen molar-refractivity contribution < 1.29 is 0 Å². The molecule has 1 heterocycles. The topological polar surface area (TPSA) is 56.6 Å². The molecule has 0 fully saturated rings. The molecule has 0 saturated heterocycles. The fraction of sp³-hybridized carbons (Fsp3) is 0. The van der Waals surface area contributed by atoms with Gasteiger partial charge in [-0.3, -0.25) is 4.79 Å². The Bertz CT molecular complexity index is 533. The summed E-state index contributed by atoms with van der Waals surface area (Å²) in [5, 5.41) is 8.79. The molecule has 2 aromatic rings. The number of benzene rings is 1. The number of H-pyrrole nitrogens is 1. The van der Waals surface area contributed by atoms with E-state index in [1.54, 1.807) is 0 Å². The molecule has 0 saturated carbocycles. The third-order valence-corrected chi connectivity index (χ3v) is 2.57. The molecule has 1 aromatic carbocycles. The summed E-state index contributed by atoms with van der Waals surface area (Å²) in [6.45, 7) is 0. The monoisotopic (exact) mass is 202 g/mol. The maximum Gasteiger partial charge on any atom is 0.267 e. The number of nitrogens with zero attached hydrogens (tertiary/aromatic N) is 1. The zero-order chi connectivity index (χ0) is 9.97. The molecule has 0 unspecified atom stereocenters. The highest BCUT2D eigenvalue weighted by atomic mass is 32.1.